The number of nitro groups is 1. The van der Waals surface area contributed by atoms with Gasteiger partial charge >= 0.3 is 0 Å². The number of benzene rings is 1. The molecule has 0 aromatic heterocycles. The number of alkyl halides is 1. The Morgan fingerprint density at radius 3 is 2.71 bits per heavy atom. The van der Waals surface area contributed by atoms with Crippen LogP contribution < -0.4 is 0 Å². The Labute approximate surface area is 85.9 Å². The van der Waals surface area contributed by atoms with E-state index in [1.54, 1.807) is 6.92 Å². The molecule has 0 N–H and O–H groups in total. The van der Waals surface area contributed by atoms with Crippen molar-refractivity contribution in [1.29, 1.82) is 5.26 Å². The van der Waals surface area contributed by atoms with E-state index in [0.717, 1.165) is 0 Å². The lowest BCUT2D eigenvalue weighted by molar-refractivity contribution is -0.384. The Balaban J connectivity index is 3.41. The molecule has 1 rings (SSSR count). The maximum Gasteiger partial charge on any atom is 0.271 e. The van der Waals surface area contributed by atoms with Crippen LogP contribution in [0.3, 0.4) is 0 Å². The van der Waals surface area contributed by atoms with Crippen LogP contribution in [0.5, 0.6) is 0 Å². The van der Waals surface area contributed by atoms with Crippen molar-refractivity contribution in [3.8, 4) is 6.07 Å². The minimum absolute atomic E-state index is 0.0946. The third-order valence-corrected chi connectivity index (χ3v) is 2.26. The van der Waals surface area contributed by atoms with Gasteiger partial charge in [-0.1, -0.05) is 0 Å². The molecule has 0 spiro atoms. The van der Waals surface area contributed by atoms with E-state index in [4.69, 9.17) is 16.9 Å². The first kappa shape index (κ1) is 10.5. The van der Waals surface area contributed by atoms with Crippen molar-refractivity contribution in [1.82, 2.24) is 0 Å². The van der Waals surface area contributed by atoms with E-state index in [0.29, 0.717) is 16.7 Å². The van der Waals surface area contributed by atoms with Gasteiger partial charge in [0.1, 0.15) is 0 Å². The molecular formula is C9H7ClN2O2. The number of hydrogen-bond acceptors (Lipinski definition) is 3. The van der Waals surface area contributed by atoms with Gasteiger partial charge < -0.3 is 0 Å². The highest BCUT2D eigenvalue weighted by atomic mass is 35.5. The summed E-state index contributed by atoms with van der Waals surface area (Å²) < 4.78 is 0. The van der Waals surface area contributed by atoms with Crippen molar-refractivity contribution < 1.29 is 4.92 Å². The fraction of sp³-hybridized carbons (Fsp3) is 0.222. The Morgan fingerprint density at radius 1 is 1.64 bits per heavy atom. The number of nitrogens with zero attached hydrogens (tertiary/aromatic N) is 2. The molecule has 0 fully saturated rings. The molecule has 0 aliphatic carbocycles. The molecule has 0 saturated heterocycles. The fourth-order valence-corrected chi connectivity index (χ4v) is 1.40. The molecule has 1 aromatic carbocycles. The lowest BCUT2D eigenvalue weighted by Gasteiger charge is -2.03. The van der Waals surface area contributed by atoms with E-state index < -0.39 is 4.92 Å². The van der Waals surface area contributed by atoms with E-state index >= 15 is 0 Å². The highest BCUT2D eigenvalue weighted by Crippen LogP contribution is 2.22. The Kier molecular flexibility index (Phi) is 3.05. The van der Waals surface area contributed by atoms with Crippen molar-refractivity contribution in [2.45, 2.75) is 12.8 Å². The second kappa shape index (κ2) is 4.07. The molecule has 0 radical (unpaired) electrons. The van der Waals surface area contributed by atoms with Crippen LogP contribution in [0.2, 0.25) is 0 Å². The third-order valence-electron chi connectivity index (χ3n) is 1.98. The fourth-order valence-electron chi connectivity index (χ4n) is 1.12. The highest BCUT2D eigenvalue weighted by molar-refractivity contribution is 6.17. The van der Waals surface area contributed by atoms with Crippen LogP contribution in [0.25, 0.3) is 0 Å². The van der Waals surface area contributed by atoms with Gasteiger partial charge in [-0.3, -0.25) is 10.1 Å². The van der Waals surface area contributed by atoms with Gasteiger partial charge in [0.05, 0.1) is 16.6 Å². The Morgan fingerprint density at radius 2 is 2.29 bits per heavy atom. The topological polar surface area (TPSA) is 66.9 Å². The largest absolute Gasteiger partial charge is 0.271 e. The van der Waals surface area contributed by atoms with Crippen molar-refractivity contribution >= 4 is 17.3 Å². The van der Waals surface area contributed by atoms with Crippen LogP contribution in [-0.4, -0.2) is 4.92 Å². The molecule has 14 heavy (non-hydrogen) atoms. The SMILES string of the molecule is Cc1c(C#N)cc([N+](=O)[O-])cc1CCl. The third kappa shape index (κ3) is 1.83. The van der Waals surface area contributed by atoms with Gasteiger partial charge in [0, 0.05) is 18.0 Å². The number of rotatable bonds is 2. The summed E-state index contributed by atoms with van der Waals surface area (Å²) in [6, 6.07) is 4.55. The Hall–Kier alpha value is -1.60. The molecule has 1 aromatic rings. The Bertz CT molecular complexity index is 424. The molecule has 0 aliphatic rings. The zero-order valence-corrected chi connectivity index (χ0v) is 8.21. The van der Waals surface area contributed by atoms with Crippen LogP contribution in [0.4, 0.5) is 5.69 Å². The minimum Gasteiger partial charge on any atom is -0.258 e. The van der Waals surface area contributed by atoms with E-state index in [1.807, 2.05) is 6.07 Å². The summed E-state index contributed by atoms with van der Waals surface area (Å²) in [7, 11) is 0. The standard InChI is InChI=1S/C9H7ClN2O2/c1-6-7(4-10)2-9(12(13)14)3-8(6)5-11/h2-3H,4H2,1H3. The van der Waals surface area contributed by atoms with Crippen molar-refractivity contribution in [3.63, 3.8) is 0 Å². The zero-order valence-electron chi connectivity index (χ0n) is 7.45. The number of nitro benzene ring substituents is 1. The number of hydrogen-bond donors (Lipinski definition) is 0. The van der Waals surface area contributed by atoms with Gasteiger partial charge in [-0.05, 0) is 18.1 Å². The summed E-state index contributed by atoms with van der Waals surface area (Å²) in [5, 5.41) is 19.2. The van der Waals surface area contributed by atoms with Crippen molar-refractivity contribution in [2.75, 3.05) is 0 Å². The van der Waals surface area contributed by atoms with Gasteiger partial charge in [-0.15, -0.1) is 11.6 Å². The normalized spacial score (nSPS) is 9.50. The number of nitriles is 1. The lowest BCUT2D eigenvalue weighted by atomic mass is 10.0. The van der Waals surface area contributed by atoms with E-state index in [9.17, 15) is 10.1 Å². The first-order valence-electron chi connectivity index (χ1n) is 3.84. The van der Waals surface area contributed by atoms with Crippen molar-refractivity contribution in [3.05, 3.63) is 38.9 Å². The maximum atomic E-state index is 10.5. The first-order valence-corrected chi connectivity index (χ1v) is 4.37. The van der Waals surface area contributed by atoms with Crippen molar-refractivity contribution in [2.24, 2.45) is 0 Å². The van der Waals surface area contributed by atoms with Crippen LogP contribution in [0.15, 0.2) is 12.1 Å². The van der Waals surface area contributed by atoms with Gasteiger partial charge in [-0.2, -0.15) is 5.26 Å². The van der Waals surface area contributed by atoms with E-state index in [2.05, 4.69) is 0 Å². The second-order valence-electron chi connectivity index (χ2n) is 2.78. The van der Waals surface area contributed by atoms with Crippen LogP contribution in [0.1, 0.15) is 16.7 Å². The molecule has 5 heteroatoms. The molecule has 4 nitrogen and oxygen atoms in total. The van der Waals surface area contributed by atoms with Gasteiger partial charge in [0.25, 0.3) is 5.69 Å². The summed E-state index contributed by atoms with van der Waals surface area (Å²) in [6.07, 6.45) is 0. The highest BCUT2D eigenvalue weighted by Gasteiger charge is 2.12. The molecule has 0 aliphatic heterocycles. The van der Waals surface area contributed by atoms with Crippen LogP contribution >= 0.6 is 11.6 Å². The number of halogens is 1. The summed E-state index contributed by atoms with van der Waals surface area (Å²) >= 11 is 5.61. The first-order chi connectivity index (χ1) is 6.60. The van der Waals surface area contributed by atoms with Crippen LogP contribution in [0, 0.1) is 28.4 Å². The average Bonchev–Trinajstić information content (AvgIpc) is 2.17. The van der Waals surface area contributed by atoms with Gasteiger partial charge in [-0.25, -0.2) is 0 Å². The van der Waals surface area contributed by atoms with E-state index in [-0.39, 0.29) is 11.6 Å². The van der Waals surface area contributed by atoms with E-state index in [1.165, 1.54) is 12.1 Å². The molecular weight excluding hydrogens is 204 g/mol. The lowest BCUT2D eigenvalue weighted by Crippen LogP contribution is -1.95. The summed E-state index contributed by atoms with van der Waals surface area (Å²) in [6.45, 7) is 1.72. The quantitative estimate of drug-likeness (QED) is 0.428. The molecule has 0 atom stereocenters. The molecule has 0 amide bonds. The molecule has 0 heterocycles. The smallest absolute Gasteiger partial charge is 0.258 e. The summed E-state index contributed by atoms with van der Waals surface area (Å²) in [4.78, 5) is 9.97. The van der Waals surface area contributed by atoms with Gasteiger partial charge in [0.2, 0.25) is 0 Å². The summed E-state index contributed by atoms with van der Waals surface area (Å²) in [5.41, 5.74) is 1.53. The molecule has 0 bridgehead atoms. The van der Waals surface area contributed by atoms with Crippen LogP contribution in [-0.2, 0) is 5.88 Å². The molecule has 0 unspecified atom stereocenters. The predicted octanol–water partition coefficient (Wildman–Crippen LogP) is 2.51. The number of non-ortho nitro benzene ring substituents is 1. The average molecular weight is 211 g/mol. The summed E-state index contributed by atoms with van der Waals surface area (Å²) in [5.74, 6) is 0.169. The maximum absolute atomic E-state index is 10.5. The monoisotopic (exact) mass is 210 g/mol. The zero-order chi connectivity index (χ0) is 10.7. The predicted molar refractivity (Wildman–Crippen MR) is 52.1 cm³/mol. The minimum atomic E-state index is -0.531. The molecule has 0 saturated carbocycles. The molecule has 72 valence electrons. The van der Waals surface area contributed by atoms with Gasteiger partial charge in [0.15, 0.2) is 0 Å². The second-order valence-corrected chi connectivity index (χ2v) is 3.05.